The molecule has 4 heteroatoms. The molecule has 1 atom stereocenters. The van der Waals surface area contributed by atoms with Gasteiger partial charge in [-0.1, -0.05) is 12.1 Å². The quantitative estimate of drug-likeness (QED) is 0.882. The maximum absolute atomic E-state index is 4.64. The molecule has 1 aromatic heterocycles. The Labute approximate surface area is 113 Å². The molecule has 0 aliphatic carbocycles. The molecule has 0 amide bonds. The summed E-state index contributed by atoms with van der Waals surface area (Å²) in [6.07, 6.45) is 3.75. The average molecular weight is 256 g/mol. The van der Waals surface area contributed by atoms with Crippen molar-refractivity contribution < 1.29 is 0 Å². The molecule has 1 aliphatic rings. The van der Waals surface area contributed by atoms with Crippen LogP contribution in [-0.2, 0) is 0 Å². The van der Waals surface area contributed by atoms with E-state index in [0.29, 0.717) is 6.04 Å². The zero-order valence-corrected chi connectivity index (χ0v) is 11.3. The van der Waals surface area contributed by atoms with Gasteiger partial charge in [-0.05, 0) is 44.9 Å². The first-order valence-electron chi connectivity index (χ1n) is 7.03. The molecule has 2 heterocycles. The Bertz CT molecular complexity index is 561. The molecule has 1 aliphatic heterocycles. The van der Waals surface area contributed by atoms with Gasteiger partial charge < -0.3 is 10.6 Å². The number of hydrogen-bond donors (Lipinski definition) is 2. The van der Waals surface area contributed by atoms with Gasteiger partial charge in [0, 0.05) is 12.6 Å². The number of aromatic nitrogens is 2. The number of fused-ring (bicyclic) bond motifs is 1. The Morgan fingerprint density at radius 3 is 2.79 bits per heavy atom. The van der Waals surface area contributed by atoms with Gasteiger partial charge in [-0.25, -0.2) is 9.97 Å². The molecule has 2 aromatic rings. The Kier molecular flexibility index (Phi) is 3.60. The average Bonchev–Trinajstić information content (AvgIpc) is 2.92. The highest BCUT2D eigenvalue weighted by atomic mass is 15.0. The van der Waals surface area contributed by atoms with Crippen LogP contribution < -0.4 is 10.6 Å². The highest BCUT2D eigenvalue weighted by molar-refractivity contribution is 5.76. The predicted molar refractivity (Wildman–Crippen MR) is 78.4 cm³/mol. The van der Waals surface area contributed by atoms with Gasteiger partial charge in [-0.3, -0.25) is 0 Å². The van der Waals surface area contributed by atoms with E-state index in [1.165, 1.54) is 19.4 Å². The molecule has 1 aromatic carbocycles. The minimum absolute atomic E-state index is 0.668. The van der Waals surface area contributed by atoms with Crippen LogP contribution in [0.1, 0.15) is 25.0 Å². The lowest BCUT2D eigenvalue weighted by atomic mass is 10.1. The van der Waals surface area contributed by atoms with Crippen LogP contribution in [0.15, 0.2) is 24.3 Å². The van der Waals surface area contributed by atoms with Crippen molar-refractivity contribution in [3.63, 3.8) is 0 Å². The predicted octanol–water partition coefficient (Wildman–Crippen LogP) is 2.49. The largest absolute Gasteiger partial charge is 0.368 e. The third-order valence-electron chi connectivity index (χ3n) is 3.69. The van der Waals surface area contributed by atoms with E-state index in [2.05, 4.69) is 20.6 Å². The Balaban J connectivity index is 1.67. The van der Waals surface area contributed by atoms with Crippen molar-refractivity contribution >= 4 is 16.9 Å². The lowest BCUT2D eigenvalue weighted by molar-refractivity contribution is 0.574. The third-order valence-corrected chi connectivity index (χ3v) is 3.69. The summed E-state index contributed by atoms with van der Waals surface area (Å²) in [6.45, 7) is 4.13. The van der Waals surface area contributed by atoms with Gasteiger partial charge in [-0.2, -0.15) is 0 Å². The second-order valence-corrected chi connectivity index (χ2v) is 5.16. The van der Waals surface area contributed by atoms with Gasteiger partial charge in [0.2, 0.25) is 0 Å². The highest BCUT2D eigenvalue weighted by Crippen LogP contribution is 2.16. The van der Waals surface area contributed by atoms with Gasteiger partial charge >= 0.3 is 0 Å². The van der Waals surface area contributed by atoms with E-state index in [0.717, 1.165) is 35.5 Å². The molecule has 1 unspecified atom stereocenters. The first-order valence-corrected chi connectivity index (χ1v) is 7.03. The second kappa shape index (κ2) is 5.53. The van der Waals surface area contributed by atoms with Gasteiger partial charge in [0.05, 0.1) is 16.7 Å². The first-order chi connectivity index (χ1) is 9.33. The monoisotopic (exact) mass is 256 g/mol. The summed E-state index contributed by atoms with van der Waals surface area (Å²) >= 11 is 0. The van der Waals surface area contributed by atoms with Crippen molar-refractivity contribution in [2.75, 3.05) is 18.4 Å². The number of nitrogens with one attached hydrogen (secondary N) is 2. The fourth-order valence-electron chi connectivity index (χ4n) is 2.62. The standard InChI is InChI=1S/C15H20N4/c1-11-15(17-10-8-12-5-4-9-16-12)19-14-7-3-2-6-13(14)18-11/h2-3,6-7,12,16H,4-5,8-10H2,1H3,(H,17,19). The van der Waals surface area contributed by atoms with Crippen LogP contribution in [0.2, 0.25) is 0 Å². The number of para-hydroxylation sites is 2. The van der Waals surface area contributed by atoms with E-state index in [-0.39, 0.29) is 0 Å². The van der Waals surface area contributed by atoms with Crippen LogP contribution in [0.3, 0.4) is 0 Å². The van der Waals surface area contributed by atoms with Gasteiger partial charge in [0.15, 0.2) is 0 Å². The van der Waals surface area contributed by atoms with Crippen molar-refractivity contribution in [1.82, 2.24) is 15.3 Å². The molecule has 4 nitrogen and oxygen atoms in total. The minimum atomic E-state index is 0.668. The van der Waals surface area contributed by atoms with Crippen LogP contribution >= 0.6 is 0 Å². The van der Waals surface area contributed by atoms with E-state index in [1.807, 2.05) is 31.2 Å². The zero-order chi connectivity index (χ0) is 13.1. The van der Waals surface area contributed by atoms with Crippen molar-refractivity contribution in [2.45, 2.75) is 32.2 Å². The fraction of sp³-hybridized carbons (Fsp3) is 0.467. The molecule has 3 rings (SSSR count). The van der Waals surface area contributed by atoms with Crippen LogP contribution in [0.25, 0.3) is 11.0 Å². The minimum Gasteiger partial charge on any atom is -0.368 e. The number of aryl methyl sites for hydroxylation is 1. The van der Waals surface area contributed by atoms with Crippen molar-refractivity contribution in [3.8, 4) is 0 Å². The highest BCUT2D eigenvalue weighted by Gasteiger charge is 2.13. The Hall–Kier alpha value is -1.68. The maximum Gasteiger partial charge on any atom is 0.148 e. The van der Waals surface area contributed by atoms with E-state index >= 15 is 0 Å². The molecule has 2 N–H and O–H groups in total. The maximum atomic E-state index is 4.64. The van der Waals surface area contributed by atoms with Crippen molar-refractivity contribution in [1.29, 1.82) is 0 Å². The van der Waals surface area contributed by atoms with Crippen molar-refractivity contribution in [3.05, 3.63) is 30.0 Å². The number of rotatable bonds is 4. The molecule has 0 bridgehead atoms. The van der Waals surface area contributed by atoms with Crippen LogP contribution in [0, 0.1) is 6.92 Å². The number of hydrogen-bond acceptors (Lipinski definition) is 4. The van der Waals surface area contributed by atoms with Crippen LogP contribution in [-0.4, -0.2) is 29.1 Å². The molecule has 1 saturated heterocycles. The summed E-state index contributed by atoms with van der Waals surface area (Å²) in [5.74, 6) is 0.914. The number of nitrogens with zero attached hydrogens (tertiary/aromatic N) is 2. The summed E-state index contributed by atoms with van der Waals surface area (Å²) in [6, 6.07) is 8.67. The van der Waals surface area contributed by atoms with Crippen molar-refractivity contribution in [2.24, 2.45) is 0 Å². The van der Waals surface area contributed by atoms with Gasteiger partial charge in [0.1, 0.15) is 5.82 Å². The summed E-state index contributed by atoms with van der Waals surface area (Å²) in [5.41, 5.74) is 2.88. The summed E-state index contributed by atoms with van der Waals surface area (Å²) in [7, 11) is 0. The van der Waals surface area contributed by atoms with Crippen LogP contribution in [0.5, 0.6) is 0 Å². The first kappa shape index (κ1) is 12.4. The third kappa shape index (κ3) is 2.84. The van der Waals surface area contributed by atoms with E-state index < -0.39 is 0 Å². The van der Waals surface area contributed by atoms with E-state index in [1.54, 1.807) is 0 Å². The molecule has 0 radical (unpaired) electrons. The van der Waals surface area contributed by atoms with E-state index in [4.69, 9.17) is 0 Å². The molecule has 0 saturated carbocycles. The fourth-order valence-corrected chi connectivity index (χ4v) is 2.62. The lowest BCUT2D eigenvalue weighted by Gasteiger charge is -2.12. The van der Waals surface area contributed by atoms with Gasteiger partial charge in [0.25, 0.3) is 0 Å². The molecule has 1 fully saturated rings. The number of anilines is 1. The summed E-state index contributed by atoms with van der Waals surface area (Å²) in [5, 5.41) is 6.93. The van der Waals surface area contributed by atoms with Crippen LogP contribution in [0.4, 0.5) is 5.82 Å². The molecule has 19 heavy (non-hydrogen) atoms. The molecular weight excluding hydrogens is 236 g/mol. The Morgan fingerprint density at radius 1 is 1.26 bits per heavy atom. The summed E-state index contributed by atoms with van der Waals surface area (Å²) in [4.78, 5) is 9.23. The molecule has 100 valence electrons. The SMILES string of the molecule is Cc1nc2ccccc2nc1NCCC1CCCN1. The van der Waals surface area contributed by atoms with E-state index in [9.17, 15) is 0 Å². The Morgan fingerprint density at radius 2 is 2.05 bits per heavy atom. The topological polar surface area (TPSA) is 49.8 Å². The second-order valence-electron chi connectivity index (χ2n) is 5.16. The zero-order valence-electron chi connectivity index (χ0n) is 11.3. The number of benzene rings is 1. The summed E-state index contributed by atoms with van der Waals surface area (Å²) < 4.78 is 0. The smallest absolute Gasteiger partial charge is 0.148 e. The normalized spacial score (nSPS) is 18.9. The lowest BCUT2D eigenvalue weighted by Crippen LogP contribution is -2.24. The molecule has 0 spiro atoms. The molecular formula is C15H20N4. The van der Waals surface area contributed by atoms with Gasteiger partial charge in [-0.15, -0.1) is 0 Å².